The van der Waals surface area contributed by atoms with Gasteiger partial charge in [0.1, 0.15) is 0 Å². The first-order valence-electron chi connectivity index (χ1n) is 13.9. The van der Waals surface area contributed by atoms with E-state index in [4.69, 9.17) is 4.74 Å². The third kappa shape index (κ3) is 22.2. The van der Waals surface area contributed by atoms with Crippen LogP contribution in [0.2, 0.25) is 0 Å². The van der Waals surface area contributed by atoms with Crippen LogP contribution < -0.4 is 0 Å². The van der Waals surface area contributed by atoms with E-state index < -0.39 is 0 Å². The highest BCUT2D eigenvalue weighted by molar-refractivity contribution is 5.71. The molecule has 0 fully saturated rings. The predicted molar refractivity (Wildman–Crippen MR) is 133 cm³/mol. The van der Waals surface area contributed by atoms with Gasteiger partial charge in [0.15, 0.2) is 0 Å². The summed E-state index contributed by atoms with van der Waals surface area (Å²) in [6.07, 6.45) is 29.2. The van der Waals surface area contributed by atoms with Crippen molar-refractivity contribution in [1.29, 1.82) is 0 Å². The van der Waals surface area contributed by atoms with Gasteiger partial charge in [-0.25, -0.2) is 0 Å². The van der Waals surface area contributed by atoms with Crippen molar-refractivity contribution in [1.82, 2.24) is 0 Å². The lowest BCUT2D eigenvalue weighted by Gasteiger charge is -2.11. The Bertz CT molecular complexity index is 340. The van der Waals surface area contributed by atoms with Crippen molar-refractivity contribution in [2.24, 2.45) is 5.92 Å². The minimum atomic E-state index is 0.0238. The molecule has 0 aromatic rings. The average Bonchev–Trinajstić information content (AvgIpc) is 2.75. The number of hydrogen-bond donors (Lipinski definition) is 0. The molecule has 30 heavy (non-hydrogen) atoms. The second-order valence-electron chi connectivity index (χ2n) is 9.57. The first kappa shape index (κ1) is 29.5. The molecule has 0 spiro atoms. The lowest BCUT2D eigenvalue weighted by Crippen LogP contribution is -2.15. The van der Waals surface area contributed by atoms with E-state index in [2.05, 4.69) is 13.8 Å². The largest absolute Gasteiger partial charge is 0.465 e. The molecule has 0 radical (unpaired) electrons. The highest BCUT2D eigenvalue weighted by Crippen LogP contribution is 2.15. The molecule has 0 aromatic carbocycles. The van der Waals surface area contributed by atoms with Gasteiger partial charge in [-0.1, -0.05) is 149 Å². The number of rotatable bonds is 24. The molecule has 0 saturated heterocycles. The minimum absolute atomic E-state index is 0.0238. The lowest BCUT2D eigenvalue weighted by atomic mass is 10.0. The molecule has 0 aliphatic heterocycles. The molecule has 2 heteroatoms. The quantitative estimate of drug-likeness (QED) is 0.114. The average molecular weight is 425 g/mol. The summed E-state index contributed by atoms with van der Waals surface area (Å²) in [5.74, 6) is 0.1000. The van der Waals surface area contributed by atoms with Gasteiger partial charge < -0.3 is 4.74 Å². The molecule has 1 unspecified atom stereocenters. The maximum atomic E-state index is 12.1. The van der Waals surface area contributed by atoms with E-state index >= 15 is 0 Å². The molecule has 0 bridgehead atoms. The Labute approximate surface area is 190 Å². The normalized spacial score (nSPS) is 12.2. The minimum Gasteiger partial charge on any atom is -0.465 e. The third-order valence-electron chi connectivity index (χ3n) is 6.39. The highest BCUT2D eigenvalue weighted by Gasteiger charge is 2.13. The van der Waals surface area contributed by atoms with Crippen LogP contribution in [0.15, 0.2) is 0 Å². The molecule has 0 aromatic heterocycles. The van der Waals surface area contributed by atoms with Gasteiger partial charge in [0, 0.05) is 0 Å². The SMILES string of the molecule is CCCCCCCCCCCCCCCCOC(=O)C(C)CCCCCCCCC. The van der Waals surface area contributed by atoms with E-state index in [0.717, 1.165) is 12.8 Å². The Hall–Kier alpha value is -0.530. The molecular formula is C28H56O2. The number of carbonyl (C=O) groups excluding carboxylic acids is 1. The van der Waals surface area contributed by atoms with Crippen molar-refractivity contribution in [3.63, 3.8) is 0 Å². The van der Waals surface area contributed by atoms with Gasteiger partial charge in [0.25, 0.3) is 0 Å². The van der Waals surface area contributed by atoms with Gasteiger partial charge in [-0.15, -0.1) is 0 Å². The molecule has 180 valence electrons. The van der Waals surface area contributed by atoms with Crippen LogP contribution in [0.1, 0.15) is 162 Å². The molecule has 0 aliphatic rings. The van der Waals surface area contributed by atoms with Gasteiger partial charge >= 0.3 is 5.97 Å². The fourth-order valence-corrected chi connectivity index (χ4v) is 4.14. The zero-order chi connectivity index (χ0) is 22.1. The van der Waals surface area contributed by atoms with Crippen molar-refractivity contribution in [2.45, 2.75) is 162 Å². The summed E-state index contributed by atoms with van der Waals surface area (Å²) >= 11 is 0. The third-order valence-corrected chi connectivity index (χ3v) is 6.39. The standard InChI is InChI=1S/C28H56O2/c1-4-6-8-10-12-13-14-15-16-17-18-20-22-24-26-30-28(29)27(3)25-23-21-19-11-9-7-5-2/h27H,4-26H2,1-3H3. The number of unbranched alkanes of at least 4 members (excludes halogenated alkanes) is 19. The Morgan fingerprint density at radius 2 is 0.867 bits per heavy atom. The summed E-state index contributed by atoms with van der Waals surface area (Å²) in [6, 6.07) is 0. The summed E-state index contributed by atoms with van der Waals surface area (Å²) in [5, 5.41) is 0. The Balaban J connectivity index is 3.26. The molecule has 0 amide bonds. The van der Waals surface area contributed by atoms with Gasteiger partial charge in [-0.2, -0.15) is 0 Å². The van der Waals surface area contributed by atoms with Gasteiger partial charge in [0.2, 0.25) is 0 Å². The zero-order valence-electron chi connectivity index (χ0n) is 21.2. The van der Waals surface area contributed by atoms with Crippen molar-refractivity contribution >= 4 is 5.97 Å². The van der Waals surface area contributed by atoms with E-state index in [9.17, 15) is 4.79 Å². The molecule has 0 rings (SSSR count). The second kappa shape index (κ2) is 24.7. The van der Waals surface area contributed by atoms with E-state index in [1.807, 2.05) is 6.92 Å². The van der Waals surface area contributed by atoms with E-state index in [0.29, 0.717) is 6.61 Å². The molecule has 0 aliphatic carbocycles. The van der Waals surface area contributed by atoms with E-state index in [1.165, 1.54) is 128 Å². The molecule has 1 atom stereocenters. The highest BCUT2D eigenvalue weighted by atomic mass is 16.5. The monoisotopic (exact) mass is 424 g/mol. The van der Waals surface area contributed by atoms with Crippen molar-refractivity contribution < 1.29 is 9.53 Å². The van der Waals surface area contributed by atoms with Crippen LogP contribution in [0, 0.1) is 5.92 Å². The molecule has 0 saturated carbocycles. The Morgan fingerprint density at radius 1 is 0.533 bits per heavy atom. The van der Waals surface area contributed by atoms with Crippen molar-refractivity contribution in [2.75, 3.05) is 6.61 Å². The maximum absolute atomic E-state index is 12.1. The lowest BCUT2D eigenvalue weighted by molar-refractivity contribution is -0.148. The van der Waals surface area contributed by atoms with Crippen LogP contribution in [-0.2, 0) is 9.53 Å². The molecule has 0 heterocycles. The summed E-state index contributed by atoms with van der Waals surface area (Å²) in [6.45, 7) is 7.20. The smallest absolute Gasteiger partial charge is 0.308 e. The first-order valence-corrected chi connectivity index (χ1v) is 13.9. The van der Waals surface area contributed by atoms with E-state index in [1.54, 1.807) is 0 Å². The van der Waals surface area contributed by atoms with Crippen LogP contribution in [0.3, 0.4) is 0 Å². The van der Waals surface area contributed by atoms with Crippen molar-refractivity contribution in [3.8, 4) is 0 Å². The van der Waals surface area contributed by atoms with Gasteiger partial charge in [0.05, 0.1) is 12.5 Å². The van der Waals surface area contributed by atoms with Gasteiger partial charge in [-0.3, -0.25) is 4.79 Å². The topological polar surface area (TPSA) is 26.3 Å². The van der Waals surface area contributed by atoms with Crippen molar-refractivity contribution in [3.05, 3.63) is 0 Å². The molecular weight excluding hydrogens is 368 g/mol. The van der Waals surface area contributed by atoms with Crippen LogP contribution in [-0.4, -0.2) is 12.6 Å². The summed E-state index contributed by atoms with van der Waals surface area (Å²) < 4.78 is 5.48. The fourth-order valence-electron chi connectivity index (χ4n) is 4.14. The van der Waals surface area contributed by atoms with E-state index in [-0.39, 0.29) is 11.9 Å². The summed E-state index contributed by atoms with van der Waals surface area (Å²) in [7, 11) is 0. The maximum Gasteiger partial charge on any atom is 0.308 e. The van der Waals surface area contributed by atoms with Crippen LogP contribution >= 0.6 is 0 Å². The van der Waals surface area contributed by atoms with Crippen LogP contribution in [0.4, 0.5) is 0 Å². The Kier molecular flexibility index (Phi) is 24.3. The molecule has 0 N–H and O–H groups in total. The zero-order valence-corrected chi connectivity index (χ0v) is 21.2. The van der Waals surface area contributed by atoms with Crippen LogP contribution in [0.25, 0.3) is 0 Å². The number of esters is 1. The number of carbonyl (C=O) groups is 1. The molecule has 2 nitrogen and oxygen atoms in total. The Morgan fingerprint density at radius 3 is 1.27 bits per heavy atom. The summed E-state index contributed by atoms with van der Waals surface area (Å²) in [5.41, 5.74) is 0. The number of hydrogen-bond acceptors (Lipinski definition) is 2. The first-order chi connectivity index (χ1) is 14.7. The van der Waals surface area contributed by atoms with Gasteiger partial charge in [-0.05, 0) is 12.8 Å². The fraction of sp³-hybridized carbons (Fsp3) is 0.964. The number of ether oxygens (including phenoxy) is 1. The van der Waals surface area contributed by atoms with Crippen LogP contribution in [0.5, 0.6) is 0 Å². The second-order valence-corrected chi connectivity index (χ2v) is 9.57. The summed E-state index contributed by atoms with van der Waals surface area (Å²) in [4.78, 5) is 12.1. The predicted octanol–water partition coefficient (Wildman–Crippen LogP) is 9.79.